The zero-order chi connectivity index (χ0) is 21.9. The smallest absolute Gasteiger partial charge is 0.248 e. The monoisotopic (exact) mass is 433 g/mol. The molecule has 1 aliphatic heterocycles. The Balaban J connectivity index is 1.13. The van der Waals surface area contributed by atoms with E-state index in [0.29, 0.717) is 31.5 Å². The molecule has 3 heterocycles. The zero-order valence-corrected chi connectivity index (χ0v) is 18.1. The molecule has 1 aliphatic carbocycles. The second-order valence-electron chi connectivity index (χ2n) is 8.56. The van der Waals surface area contributed by atoms with Crippen molar-refractivity contribution in [3.8, 4) is 0 Å². The summed E-state index contributed by atoms with van der Waals surface area (Å²) in [6, 6.07) is 8.88. The molecule has 0 fully saturated rings. The standard InChI is InChI=1S/C23H27N7O2/c1-15(8-20-12-25-29-28-20)32-14-22(31)30-7-6-21-18(13-30)11-24-23(27-21)26-19-9-16-4-2-3-5-17(16)10-19/h2-5,11-12,15,19H,6-10,13-14H2,1H3,(H,24,26,27)(H,25,28,29)/t15-/m1/s1. The van der Waals surface area contributed by atoms with Crippen molar-refractivity contribution in [2.24, 2.45) is 0 Å². The van der Waals surface area contributed by atoms with Crippen LogP contribution in [-0.4, -0.2) is 61.5 Å². The van der Waals surface area contributed by atoms with Crippen LogP contribution in [0.3, 0.4) is 0 Å². The molecular formula is C23H27N7O2. The molecule has 0 saturated heterocycles. The molecule has 2 aromatic heterocycles. The number of ether oxygens (including phenoxy) is 1. The molecule has 32 heavy (non-hydrogen) atoms. The first-order chi connectivity index (χ1) is 15.6. The van der Waals surface area contributed by atoms with Gasteiger partial charge in [0, 0.05) is 43.7 Å². The number of fused-ring (bicyclic) bond motifs is 2. The van der Waals surface area contributed by atoms with Crippen molar-refractivity contribution in [2.45, 2.75) is 51.3 Å². The SMILES string of the molecule is C[C@H](Cc1cnn[nH]1)OCC(=O)N1CCc2nc(NC3Cc4ccccc4C3)ncc2C1. The molecule has 0 spiro atoms. The fourth-order valence-corrected chi connectivity index (χ4v) is 4.43. The Hall–Kier alpha value is -3.33. The van der Waals surface area contributed by atoms with Crippen LogP contribution in [0.4, 0.5) is 5.95 Å². The second kappa shape index (κ2) is 9.04. The minimum absolute atomic E-state index is 0.0174. The van der Waals surface area contributed by atoms with Crippen molar-refractivity contribution in [1.29, 1.82) is 0 Å². The first-order valence-electron chi connectivity index (χ1n) is 11.1. The molecule has 9 nitrogen and oxygen atoms in total. The number of benzene rings is 1. The van der Waals surface area contributed by atoms with Gasteiger partial charge in [-0.3, -0.25) is 9.89 Å². The molecule has 2 aliphatic rings. The summed E-state index contributed by atoms with van der Waals surface area (Å²) < 4.78 is 5.73. The topological polar surface area (TPSA) is 109 Å². The number of anilines is 1. The maximum absolute atomic E-state index is 12.6. The number of H-pyrrole nitrogens is 1. The summed E-state index contributed by atoms with van der Waals surface area (Å²) >= 11 is 0. The van der Waals surface area contributed by atoms with Crippen LogP contribution >= 0.6 is 0 Å². The van der Waals surface area contributed by atoms with Gasteiger partial charge in [0.1, 0.15) is 6.61 Å². The third-order valence-electron chi connectivity index (χ3n) is 6.13. The molecule has 166 valence electrons. The van der Waals surface area contributed by atoms with Gasteiger partial charge in [-0.15, -0.1) is 5.10 Å². The van der Waals surface area contributed by atoms with E-state index < -0.39 is 0 Å². The summed E-state index contributed by atoms with van der Waals surface area (Å²) in [7, 11) is 0. The van der Waals surface area contributed by atoms with Gasteiger partial charge in [0.25, 0.3) is 0 Å². The minimum Gasteiger partial charge on any atom is -0.368 e. The first-order valence-corrected chi connectivity index (χ1v) is 11.1. The minimum atomic E-state index is -0.100. The molecule has 5 rings (SSSR count). The fraction of sp³-hybridized carbons (Fsp3) is 0.435. The molecule has 9 heteroatoms. The van der Waals surface area contributed by atoms with E-state index in [2.05, 4.69) is 50.0 Å². The summed E-state index contributed by atoms with van der Waals surface area (Å²) in [6.07, 6.45) is 6.76. The number of hydrogen-bond donors (Lipinski definition) is 2. The van der Waals surface area contributed by atoms with E-state index >= 15 is 0 Å². The fourth-order valence-electron chi connectivity index (χ4n) is 4.43. The average Bonchev–Trinajstić information content (AvgIpc) is 3.46. The van der Waals surface area contributed by atoms with Crippen molar-refractivity contribution in [3.05, 3.63) is 64.7 Å². The van der Waals surface area contributed by atoms with E-state index in [-0.39, 0.29) is 18.6 Å². The Kier molecular flexibility index (Phi) is 5.81. The van der Waals surface area contributed by atoms with E-state index in [1.54, 1.807) is 6.20 Å². The van der Waals surface area contributed by atoms with Gasteiger partial charge in [-0.25, -0.2) is 9.97 Å². The lowest BCUT2D eigenvalue weighted by Gasteiger charge is -2.28. The van der Waals surface area contributed by atoms with Gasteiger partial charge in [0.15, 0.2) is 0 Å². The van der Waals surface area contributed by atoms with Crippen molar-refractivity contribution >= 4 is 11.9 Å². The van der Waals surface area contributed by atoms with Gasteiger partial charge in [0.05, 0.1) is 23.7 Å². The number of hydrogen-bond acceptors (Lipinski definition) is 7. The number of nitrogens with zero attached hydrogens (tertiary/aromatic N) is 5. The van der Waals surface area contributed by atoms with E-state index in [4.69, 9.17) is 9.72 Å². The van der Waals surface area contributed by atoms with Gasteiger partial charge in [-0.05, 0) is 30.9 Å². The van der Waals surface area contributed by atoms with E-state index in [1.165, 1.54) is 11.1 Å². The number of nitrogens with one attached hydrogen (secondary N) is 2. The Morgan fingerprint density at radius 2 is 2.06 bits per heavy atom. The molecule has 2 N–H and O–H groups in total. The molecule has 1 atom stereocenters. The summed E-state index contributed by atoms with van der Waals surface area (Å²) in [6.45, 7) is 3.15. The largest absolute Gasteiger partial charge is 0.368 e. The van der Waals surface area contributed by atoms with Crippen LogP contribution < -0.4 is 5.32 Å². The number of aromatic amines is 1. The predicted octanol–water partition coefficient (Wildman–Crippen LogP) is 1.71. The number of rotatable bonds is 7. The molecule has 0 saturated carbocycles. The van der Waals surface area contributed by atoms with Crippen LogP contribution in [0.15, 0.2) is 36.7 Å². The lowest BCUT2D eigenvalue weighted by molar-refractivity contribution is -0.138. The molecule has 0 radical (unpaired) electrons. The molecule has 0 unspecified atom stereocenters. The third-order valence-corrected chi connectivity index (χ3v) is 6.13. The number of aromatic nitrogens is 5. The van der Waals surface area contributed by atoms with Crippen LogP contribution in [-0.2, 0) is 41.8 Å². The highest BCUT2D eigenvalue weighted by Crippen LogP contribution is 2.24. The van der Waals surface area contributed by atoms with E-state index in [0.717, 1.165) is 36.2 Å². The molecule has 1 amide bonds. The van der Waals surface area contributed by atoms with Crippen molar-refractivity contribution in [1.82, 2.24) is 30.3 Å². The molecule has 3 aromatic rings. The van der Waals surface area contributed by atoms with Crippen LogP contribution in [0.5, 0.6) is 0 Å². The highest BCUT2D eigenvalue weighted by molar-refractivity contribution is 5.77. The number of carbonyl (C=O) groups is 1. The lowest BCUT2D eigenvalue weighted by atomic mass is 10.1. The summed E-state index contributed by atoms with van der Waals surface area (Å²) in [4.78, 5) is 23.7. The van der Waals surface area contributed by atoms with Gasteiger partial charge in [0.2, 0.25) is 11.9 Å². The zero-order valence-electron chi connectivity index (χ0n) is 18.1. The van der Waals surface area contributed by atoms with Crippen molar-refractivity contribution in [3.63, 3.8) is 0 Å². The first kappa shape index (κ1) is 20.6. The van der Waals surface area contributed by atoms with Gasteiger partial charge in [-0.2, -0.15) is 0 Å². The maximum atomic E-state index is 12.6. The summed E-state index contributed by atoms with van der Waals surface area (Å²) in [5.41, 5.74) is 5.70. The van der Waals surface area contributed by atoms with Gasteiger partial charge >= 0.3 is 0 Å². The van der Waals surface area contributed by atoms with Crippen LogP contribution in [0, 0.1) is 0 Å². The predicted molar refractivity (Wildman–Crippen MR) is 118 cm³/mol. The normalized spacial score (nSPS) is 16.5. The molecule has 0 bridgehead atoms. The highest BCUT2D eigenvalue weighted by atomic mass is 16.5. The van der Waals surface area contributed by atoms with Crippen LogP contribution in [0.25, 0.3) is 0 Å². The Morgan fingerprint density at radius 1 is 1.25 bits per heavy atom. The molecular weight excluding hydrogens is 406 g/mol. The maximum Gasteiger partial charge on any atom is 0.248 e. The van der Waals surface area contributed by atoms with Gasteiger partial charge in [-0.1, -0.05) is 29.5 Å². The third kappa shape index (κ3) is 4.62. The Morgan fingerprint density at radius 3 is 2.81 bits per heavy atom. The quantitative estimate of drug-likeness (QED) is 0.584. The molecule has 1 aromatic carbocycles. The average molecular weight is 434 g/mol. The van der Waals surface area contributed by atoms with Gasteiger partial charge < -0.3 is 15.0 Å². The van der Waals surface area contributed by atoms with E-state index in [1.807, 2.05) is 18.0 Å². The highest BCUT2D eigenvalue weighted by Gasteiger charge is 2.25. The van der Waals surface area contributed by atoms with E-state index in [9.17, 15) is 4.79 Å². The van der Waals surface area contributed by atoms with Crippen LogP contribution in [0.1, 0.15) is 35.0 Å². The lowest BCUT2D eigenvalue weighted by Crippen LogP contribution is -2.39. The Labute approximate surface area is 186 Å². The van der Waals surface area contributed by atoms with Crippen molar-refractivity contribution in [2.75, 3.05) is 18.5 Å². The summed E-state index contributed by atoms with van der Waals surface area (Å²) in [5.74, 6) is 0.656. The van der Waals surface area contributed by atoms with Crippen LogP contribution in [0.2, 0.25) is 0 Å². The number of carbonyl (C=O) groups excluding carboxylic acids is 1. The van der Waals surface area contributed by atoms with Crippen molar-refractivity contribution < 1.29 is 9.53 Å². The second-order valence-corrected chi connectivity index (χ2v) is 8.56. The Bertz CT molecular complexity index is 1060. The summed E-state index contributed by atoms with van der Waals surface area (Å²) in [5, 5.41) is 13.7. The number of amides is 1.